The zero-order valence-electron chi connectivity index (χ0n) is 12.4. The summed E-state index contributed by atoms with van der Waals surface area (Å²) >= 11 is 0. The molecule has 2 aromatic heterocycles. The third-order valence-electron chi connectivity index (χ3n) is 4.44. The summed E-state index contributed by atoms with van der Waals surface area (Å²) in [5.74, 6) is 0. The van der Waals surface area contributed by atoms with Crippen LogP contribution < -0.4 is 11.3 Å². The lowest BCUT2D eigenvalue weighted by Gasteiger charge is -2.40. The molecule has 0 bridgehead atoms. The van der Waals surface area contributed by atoms with Crippen LogP contribution in [0.4, 0.5) is 0 Å². The predicted molar refractivity (Wildman–Crippen MR) is 83.2 cm³/mol. The molecule has 1 saturated heterocycles. The van der Waals surface area contributed by atoms with E-state index in [4.69, 9.17) is 5.73 Å². The maximum absolute atomic E-state index is 12.2. The van der Waals surface area contributed by atoms with Crippen molar-refractivity contribution in [2.45, 2.75) is 44.8 Å². The second kappa shape index (κ2) is 5.95. The van der Waals surface area contributed by atoms with E-state index < -0.39 is 0 Å². The minimum atomic E-state index is -0.0236. The van der Waals surface area contributed by atoms with Crippen molar-refractivity contribution in [1.29, 1.82) is 0 Å². The molecule has 1 aliphatic rings. The molecule has 3 heterocycles. The van der Waals surface area contributed by atoms with Crippen molar-refractivity contribution >= 4 is 5.65 Å². The Balaban J connectivity index is 1.91. The maximum Gasteiger partial charge on any atom is 0.258 e. The largest absolute Gasteiger partial charge is 0.329 e. The van der Waals surface area contributed by atoms with Crippen LogP contribution in [0.3, 0.4) is 0 Å². The van der Waals surface area contributed by atoms with E-state index in [0.717, 1.165) is 12.1 Å². The Labute approximate surface area is 124 Å². The Bertz CT molecular complexity index is 681. The van der Waals surface area contributed by atoms with Crippen LogP contribution in [-0.2, 0) is 6.54 Å². The summed E-state index contributed by atoms with van der Waals surface area (Å²) in [6, 6.07) is 8.13. The SMILES string of the molecule is CC1CCCC(CN)N1Cc1cc(=O)n2ccccc2n1. The lowest BCUT2D eigenvalue weighted by Crippen LogP contribution is -2.48. The van der Waals surface area contributed by atoms with Crippen molar-refractivity contribution < 1.29 is 0 Å². The van der Waals surface area contributed by atoms with E-state index in [1.54, 1.807) is 16.7 Å². The summed E-state index contributed by atoms with van der Waals surface area (Å²) in [7, 11) is 0. The van der Waals surface area contributed by atoms with Crippen molar-refractivity contribution in [3.05, 3.63) is 46.5 Å². The highest BCUT2D eigenvalue weighted by Gasteiger charge is 2.27. The summed E-state index contributed by atoms with van der Waals surface area (Å²) in [6.07, 6.45) is 5.30. The molecule has 1 aliphatic heterocycles. The molecule has 1 fully saturated rings. The van der Waals surface area contributed by atoms with Gasteiger partial charge in [0, 0.05) is 37.4 Å². The lowest BCUT2D eigenvalue weighted by molar-refractivity contribution is 0.0878. The molecule has 0 aromatic carbocycles. The summed E-state index contributed by atoms with van der Waals surface area (Å²) < 4.78 is 1.57. The zero-order chi connectivity index (χ0) is 14.8. The van der Waals surface area contributed by atoms with E-state index in [9.17, 15) is 4.79 Å². The smallest absolute Gasteiger partial charge is 0.258 e. The number of aromatic nitrogens is 2. The quantitative estimate of drug-likeness (QED) is 0.926. The van der Waals surface area contributed by atoms with E-state index in [-0.39, 0.29) is 5.56 Å². The van der Waals surface area contributed by atoms with E-state index >= 15 is 0 Å². The molecular formula is C16H22N4O. The number of hydrogen-bond acceptors (Lipinski definition) is 4. The van der Waals surface area contributed by atoms with Gasteiger partial charge in [-0.25, -0.2) is 4.98 Å². The first-order valence-corrected chi connectivity index (χ1v) is 7.62. The van der Waals surface area contributed by atoms with Gasteiger partial charge in [-0.15, -0.1) is 0 Å². The minimum absolute atomic E-state index is 0.0236. The van der Waals surface area contributed by atoms with Gasteiger partial charge in [0.1, 0.15) is 5.65 Å². The van der Waals surface area contributed by atoms with Gasteiger partial charge < -0.3 is 5.73 Å². The molecule has 0 saturated carbocycles. The summed E-state index contributed by atoms with van der Waals surface area (Å²) in [5.41, 5.74) is 7.41. The lowest BCUT2D eigenvalue weighted by atomic mass is 9.96. The summed E-state index contributed by atoms with van der Waals surface area (Å²) in [5, 5.41) is 0. The molecular weight excluding hydrogens is 264 g/mol. The van der Waals surface area contributed by atoms with Gasteiger partial charge in [-0.3, -0.25) is 14.1 Å². The number of piperidine rings is 1. The van der Waals surface area contributed by atoms with Crippen molar-refractivity contribution in [3.63, 3.8) is 0 Å². The summed E-state index contributed by atoms with van der Waals surface area (Å²) in [6.45, 7) is 3.59. The van der Waals surface area contributed by atoms with Crippen molar-refractivity contribution in [2.75, 3.05) is 6.54 Å². The first-order chi connectivity index (χ1) is 10.2. The van der Waals surface area contributed by atoms with Crippen molar-refractivity contribution in [2.24, 2.45) is 5.73 Å². The Kier molecular flexibility index (Phi) is 4.03. The fourth-order valence-electron chi connectivity index (χ4n) is 3.25. The van der Waals surface area contributed by atoms with E-state index in [1.165, 1.54) is 12.8 Å². The first kappa shape index (κ1) is 14.2. The number of likely N-dealkylation sites (tertiary alicyclic amines) is 1. The third kappa shape index (κ3) is 2.84. The number of rotatable bonds is 3. The molecule has 0 aliphatic carbocycles. The van der Waals surface area contributed by atoms with Gasteiger partial charge in [-0.2, -0.15) is 0 Å². The molecule has 2 N–H and O–H groups in total. The van der Waals surface area contributed by atoms with Gasteiger partial charge in [-0.05, 0) is 31.9 Å². The molecule has 3 rings (SSSR count). The molecule has 0 spiro atoms. The van der Waals surface area contributed by atoms with Crippen LogP contribution in [0.5, 0.6) is 0 Å². The molecule has 2 atom stereocenters. The topological polar surface area (TPSA) is 63.6 Å². The van der Waals surface area contributed by atoms with Crippen LogP contribution in [0.1, 0.15) is 31.9 Å². The van der Waals surface area contributed by atoms with Gasteiger partial charge in [-0.1, -0.05) is 12.5 Å². The summed E-state index contributed by atoms with van der Waals surface area (Å²) in [4.78, 5) is 19.2. The van der Waals surface area contributed by atoms with E-state index in [1.807, 2.05) is 18.2 Å². The Morgan fingerprint density at radius 2 is 2.24 bits per heavy atom. The van der Waals surface area contributed by atoms with Crippen LogP contribution in [0.25, 0.3) is 5.65 Å². The molecule has 2 unspecified atom stereocenters. The minimum Gasteiger partial charge on any atom is -0.329 e. The molecule has 0 amide bonds. The third-order valence-corrected chi connectivity index (χ3v) is 4.44. The van der Waals surface area contributed by atoms with Gasteiger partial charge in [0.05, 0.1) is 5.69 Å². The van der Waals surface area contributed by atoms with Crippen molar-refractivity contribution in [3.8, 4) is 0 Å². The second-order valence-corrected chi connectivity index (χ2v) is 5.86. The highest BCUT2D eigenvalue weighted by molar-refractivity contribution is 5.38. The number of pyridine rings is 1. The normalized spacial score (nSPS) is 23.5. The van der Waals surface area contributed by atoms with Crippen LogP contribution in [-0.4, -0.2) is 32.9 Å². The average Bonchev–Trinajstić information content (AvgIpc) is 2.49. The molecule has 5 nitrogen and oxygen atoms in total. The van der Waals surface area contributed by atoms with Gasteiger partial charge in [0.2, 0.25) is 0 Å². The zero-order valence-corrected chi connectivity index (χ0v) is 12.4. The Morgan fingerprint density at radius 3 is 3.05 bits per heavy atom. The molecule has 5 heteroatoms. The highest BCUT2D eigenvalue weighted by atomic mass is 16.1. The first-order valence-electron chi connectivity index (χ1n) is 7.62. The standard InChI is InChI=1S/C16H22N4O/c1-12-5-4-6-14(10-17)20(12)11-13-9-16(21)19-8-3-2-7-15(19)18-13/h2-3,7-9,12,14H,4-6,10-11,17H2,1H3. The second-order valence-electron chi connectivity index (χ2n) is 5.86. The highest BCUT2D eigenvalue weighted by Crippen LogP contribution is 2.23. The van der Waals surface area contributed by atoms with E-state index in [0.29, 0.717) is 30.8 Å². The number of hydrogen-bond donors (Lipinski definition) is 1. The fourth-order valence-corrected chi connectivity index (χ4v) is 3.25. The fraction of sp³-hybridized carbons (Fsp3) is 0.500. The number of nitrogens with zero attached hydrogens (tertiary/aromatic N) is 3. The predicted octanol–water partition coefficient (Wildman–Crippen LogP) is 1.40. The monoisotopic (exact) mass is 286 g/mol. The van der Waals surface area contributed by atoms with Gasteiger partial charge in [0.25, 0.3) is 5.56 Å². The van der Waals surface area contributed by atoms with Crippen molar-refractivity contribution in [1.82, 2.24) is 14.3 Å². The van der Waals surface area contributed by atoms with E-state index in [2.05, 4.69) is 16.8 Å². The molecule has 2 aromatic rings. The van der Waals surface area contributed by atoms with Crippen LogP contribution >= 0.6 is 0 Å². The maximum atomic E-state index is 12.2. The van der Waals surface area contributed by atoms with Gasteiger partial charge in [0.15, 0.2) is 0 Å². The van der Waals surface area contributed by atoms with Crippen LogP contribution in [0.2, 0.25) is 0 Å². The number of nitrogens with two attached hydrogens (primary N) is 1. The van der Waals surface area contributed by atoms with Crippen LogP contribution in [0, 0.1) is 0 Å². The molecule has 0 radical (unpaired) electrons. The molecule has 112 valence electrons. The van der Waals surface area contributed by atoms with Gasteiger partial charge >= 0.3 is 0 Å². The molecule has 21 heavy (non-hydrogen) atoms. The van der Waals surface area contributed by atoms with Crippen LogP contribution in [0.15, 0.2) is 35.3 Å². The number of fused-ring (bicyclic) bond motifs is 1. The average molecular weight is 286 g/mol. The Morgan fingerprint density at radius 1 is 1.38 bits per heavy atom. The Hall–Kier alpha value is -1.72.